The topological polar surface area (TPSA) is 80.4 Å². The number of rotatable bonds is 6. The second-order valence-electron chi connectivity index (χ2n) is 4.86. The molecule has 1 rings (SSSR count). The first-order valence-corrected chi connectivity index (χ1v) is 6.00. The number of carbonyl (C=O) groups is 2. The van der Waals surface area contributed by atoms with Gasteiger partial charge in [-0.1, -0.05) is 38.1 Å². The van der Waals surface area contributed by atoms with Crippen molar-refractivity contribution in [1.82, 2.24) is 0 Å². The molecule has 4 nitrogen and oxygen atoms in total. The summed E-state index contributed by atoms with van der Waals surface area (Å²) in [5.74, 6) is -0.832. The van der Waals surface area contributed by atoms with E-state index < -0.39 is 12.0 Å². The molecular formula is C14H19NO3. The number of hydrogen-bond donors (Lipinski definition) is 2. The van der Waals surface area contributed by atoms with Crippen molar-refractivity contribution in [2.45, 2.75) is 32.7 Å². The third-order valence-corrected chi connectivity index (χ3v) is 2.61. The van der Waals surface area contributed by atoms with Crippen LogP contribution in [-0.4, -0.2) is 22.9 Å². The Balaban J connectivity index is 2.72. The molecule has 4 heteroatoms. The number of hydrogen-bond acceptors (Lipinski definition) is 3. The standard InChI is InChI=1S/C14H19NO3/c1-9(2)7-10-3-5-11(6-4-10)14(18)12(15)8-13(16)17/h3-6,9,12H,7-8,15H2,1-2H3,(H,16,17). The molecule has 0 spiro atoms. The van der Waals surface area contributed by atoms with Gasteiger partial charge in [0.1, 0.15) is 0 Å². The molecule has 0 saturated heterocycles. The van der Waals surface area contributed by atoms with Crippen LogP contribution in [-0.2, 0) is 11.2 Å². The summed E-state index contributed by atoms with van der Waals surface area (Å²) < 4.78 is 0. The first-order chi connectivity index (χ1) is 8.40. The van der Waals surface area contributed by atoms with Crippen LogP contribution in [0.2, 0.25) is 0 Å². The first kappa shape index (κ1) is 14.4. The molecule has 0 bridgehead atoms. The average Bonchev–Trinajstić information content (AvgIpc) is 2.27. The van der Waals surface area contributed by atoms with Gasteiger partial charge >= 0.3 is 5.97 Å². The predicted octanol–water partition coefficient (Wildman–Crippen LogP) is 1.87. The Hall–Kier alpha value is -1.68. The van der Waals surface area contributed by atoms with E-state index in [9.17, 15) is 9.59 Å². The van der Waals surface area contributed by atoms with E-state index in [2.05, 4.69) is 13.8 Å². The van der Waals surface area contributed by atoms with Crippen LogP contribution < -0.4 is 5.73 Å². The molecule has 0 aromatic heterocycles. The zero-order valence-electron chi connectivity index (χ0n) is 10.7. The van der Waals surface area contributed by atoms with Crippen LogP contribution in [0, 0.1) is 5.92 Å². The lowest BCUT2D eigenvalue weighted by Crippen LogP contribution is -2.32. The fraction of sp³-hybridized carbons (Fsp3) is 0.429. The minimum absolute atomic E-state index is 0.325. The smallest absolute Gasteiger partial charge is 0.305 e. The number of ketones is 1. The maximum Gasteiger partial charge on any atom is 0.305 e. The number of carboxylic acids is 1. The molecule has 0 amide bonds. The summed E-state index contributed by atoms with van der Waals surface area (Å²) in [5, 5.41) is 8.59. The van der Waals surface area contributed by atoms with Crippen LogP contribution in [0.3, 0.4) is 0 Å². The molecule has 18 heavy (non-hydrogen) atoms. The van der Waals surface area contributed by atoms with E-state index in [-0.39, 0.29) is 12.2 Å². The SMILES string of the molecule is CC(C)Cc1ccc(C(=O)C(N)CC(=O)O)cc1. The van der Waals surface area contributed by atoms with E-state index in [1.807, 2.05) is 12.1 Å². The van der Waals surface area contributed by atoms with Gasteiger partial charge in [0.25, 0.3) is 0 Å². The Kier molecular flexibility index (Phi) is 5.04. The minimum Gasteiger partial charge on any atom is -0.481 e. The highest BCUT2D eigenvalue weighted by Crippen LogP contribution is 2.11. The normalized spacial score (nSPS) is 12.4. The molecule has 0 aliphatic rings. The van der Waals surface area contributed by atoms with Crippen LogP contribution >= 0.6 is 0 Å². The van der Waals surface area contributed by atoms with E-state index in [0.717, 1.165) is 12.0 Å². The molecule has 0 radical (unpaired) electrons. The zero-order valence-corrected chi connectivity index (χ0v) is 10.7. The van der Waals surface area contributed by atoms with Crippen LogP contribution in [0.1, 0.15) is 36.2 Å². The van der Waals surface area contributed by atoms with Gasteiger partial charge in [0.15, 0.2) is 5.78 Å². The minimum atomic E-state index is -1.06. The first-order valence-electron chi connectivity index (χ1n) is 6.00. The Morgan fingerprint density at radius 1 is 1.22 bits per heavy atom. The molecule has 0 fully saturated rings. The van der Waals surface area contributed by atoms with Gasteiger partial charge in [0.2, 0.25) is 0 Å². The van der Waals surface area contributed by atoms with Gasteiger partial charge in [-0.2, -0.15) is 0 Å². The maximum atomic E-state index is 11.8. The van der Waals surface area contributed by atoms with Crippen molar-refractivity contribution in [2.24, 2.45) is 11.7 Å². The van der Waals surface area contributed by atoms with Crippen molar-refractivity contribution in [3.63, 3.8) is 0 Å². The molecule has 1 atom stereocenters. The van der Waals surface area contributed by atoms with Crippen LogP contribution in [0.15, 0.2) is 24.3 Å². The highest BCUT2D eigenvalue weighted by atomic mass is 16.4. The molecule has 0 saturated carbocycles. The van der Waals surface area contributed by atoms with E-state index >= 15 is 0 Å². The van der Waals surface area contributed by atoms with Gasteiger partial charge in [-0.15, -0.1) is 0 Å². The quantitative estimate of drug-likeness (QED) is 0.754. The highest BCUT2D eigenvalue weighted by Gasteiger charge is 2.18. The van der Waals surface area contributed by atoms with Gasteiger partial charge in [-0.3, -0.25) is 9.59 Å². The van der Waals surface area contributed by atoms with Gasteiger partial charge in [-0.05, 0) is 17.9 Å². The van der Waals surface area contributed by atoms with Gasteiger partial charge in [-0.25, -0.2) is 0 Å². The lowest BCUT2D eigenvalue weighted by Gasteiger charge is -2.09. The third kappa shape index (κ3) is 4.30. The molecule has 0 aliphatic heterocycles. The Labute approximate surface area is 107 Å². The summed E-state index contributed by atoms with van der Waals surface area (Å²) in [7, 11) is 0. The fourth-order valence-corrected chi connectivity index (χ4v) is 1.77. The Morgan fingerprint density at radius 2 is 1.78 bits per heavy atom. The summed E-state index contributed by atoms with van der Waals surface area (Å²) in [4.78, 5) is 22.3. The Morgan fingerprint density at radius 3 is 2.22 bits per heavy atom. The lowest BCUT2D eigenvalue weighted by atomic mass is 9.98. The van der Waals surface area contributed by atoms with Crippen molar-refractivity contribution in [3.8, 4) is 0 Å². The van der Waals surface area contributed by atoms with E-state index in [1.165, 1.54) is 0 Å². The van der Waals surface area contributed by atoms with Gasteiger partial charge in [0, 0.05) is 5.56 Å². The van der Waals surface area contributed by atoms with E-state index in [0.29, 0.717) is 11.5 Å². The molecule has 0 heterocycles. The van der Waals surface area contributed by atoms with Crippen molar-refractivity contribution < 1.29 is 14.7 Å². The van der Waals surface area contributed by atoms with Crippen molar-refractivity contribution >= 4 is 11.8 Å². The highest BCUT2D eigenvalue weighted by molar-refractivity contribution is 6.01. The molecule has 0 aliphatic carbocycles. The summed E-state index contributed by atoms with van der Waals surface area (Å²) in [6, 6.07) is 6.23. The average molecular weight is 249 g/mol. The third-order valence-electron chi connectivity index (χ3n) is 2.61. The zero-order chi connectivity index (χ0) is 13.7. The number of carboxylic acid groups (broad SMARTS) is 1. The van der Waals surface area contributed by atoms with Gasteiger partial charge in [0.05, 0.1) is 12.5 Å². The molecule has 3 N–H and O–H groups in total. The molecule has 98 valence electrons. The van der Waals surface area contributed by atoms with Crippen LogP contribution in [0.4, 0.5) is 0 Å². The summed E-state index contributed by atoms with van der Waals surface area (Å²) in [6.45, 7) is 4.25. The lowest BCUT2D eigenvalue weighted by molar-refractivity contribution is -0.137. The summed E-state index contributed by atoms with van der Waals surface area (Å²) >= 11 is 0. The molecule has 1 aromatic carbocycles. The maximum absolute atomic E-state index is 11.8. The number of Topliss-reactive ketones (excluding diaryl/α,β-unsaturated/α-hetero) is 1. The number of aliphatic carboxylic acids is 1. The van der Waals surface area contributed by atoms with Crippen LogP contribution in [0.25, 0.3) is 0 Å². The monoisotopic (exact) mass is 249 g/mol. The van der Waals surface area contributed by atoms with Crippen molar-refractivity contribution in [1.29, 1.82) is 0 Å². The van der Waals surface area contributed by atoms with E-state index in [1.54, 1.807) is 12.1 Å². The van der Waals surface area contributed by atoms with Crippen molar-refractivity contribution in [2.75, 3.05) is 0 Å². The second kappa shape index (κ2) is 6.31. The summed E-state index contributed by atoms with van der Waals surface area (Å²) in [6.07, 6.45) is 0.613. The predicted molar refractivity (Wildman–Crippen MR) is 69.5 cm³/mol. The molecule has 1 unspecified atom stereocenters. The van der Waals surface area contributed by atoms with Crippen LogP contribution in [0.5, 0.6) is 0 Å². The second-order valence-corrected chi connectivity index (χ2v) is 4.86. The number of carbonyl (C=O) groups excluding carboxylic acids is 1. The van der Waals surface area contributed by atoms with Gasteiger partial charge < -0.3 is 10.8 Å². The fourth-order valence-electron chi connectivity index (χ4n) is 1.77. The Bertz CT molecular complexity index is 423. The van der Waals surface area contributed by atoms with E-state index in [4.69, 9.17) is 10.8 Å². The summed E-state index contributed by atoms with van der Waals surface area (Å²) in [5.41, 5.74) is 7.17. The molecule has 1 aromatic rings. The molecular weight excluding hydrogens is 230 g/mol. The van der Waals surface area contributed by atoms with Crippen molar-refractivity contribution in [3.05, 3.63) is 35.4 Å². The largest absolute Gasteiger partial charge is 0.481 e. The number of nitrogens with two attached hydrogens (primary N) is 1. The number of benzene rings is 1.